The first kappa shape index (κ1) is 16.5. The first-order valence-electron chi connectivity index (χ1n) is 5.56. The van der Waals surface area contributed by atoms with Gasteiger partial charge in [-0.25, -0.2) is 9.78 Å². The third kappa shape index (κ3) is 3.97. The molecule has 0 bridgehead atoms. The minimum Gasteiger partial charge on any atom is -0.478 e. The zero-order valence-corrected chi connectivity index (χ0v) is 10.9. The van der Waals surface area contributed by atoms with Crippen molar-refractivity contribution >= 4 is 18.4 Å². The van der Waals surface area contributed by atoms with Crippen LogP contribution in [0.25, 0.3) is 0 Å². The van der Waals surface area contributed by atoms with Crippen LogP contribution in [0.15, 0.2) is 12.1 Å². The van der Waals surface area contributed by atoms with E-state index in [4.69, 9.17) is 9.84 Å². The van der Waals surface area contributed by atoms with Crippen LogP contribution in [0.5, 0.6) is 5.88 Å². The van der Waals surface area contributed by atoms with Crippen LogP contribution >= 0.6 is 12.4 Å². The van der Waals surface area contributed by atoms with E-state index in [2.05, 4.69) is 10.3 Å². The number of nitrogens with zero attached hydrogens (tertiary/aromatic N) is 1. The van der Waals surface area contributed by atoms with E-state index in [9.17, 15) is 18.0 Å². The summed E-state index contributed by atoms with van der Waals surface area (Å²) in [5.74, 6) is -1.77. The van der Waals surface area contributed by atoms with Crippen LogP contribution in [-0.2, 0) is 6.18 Å². The van der Waals surface area contributed by atoms with Gasteiger partial charge in [0.15, 0.2) is 0 Å². The van der Waals surface area contributed by atoms with Gasteiger partial charge in [0.2, 0.25) is 5.88 Å². The fraction of sp³-hybridized carbons (Fsp3) is 0.455. The van der Waals surface area contributed by atoms with E-state index in [1.807, 2.05) is 0 Å². The highest BCUT2D eigenvalue weighted by molar-refractivity contribution is 5.88. The molecule has 112 valence electrons. The van der Waals surface area contributed by atoms with Crippen molar-refractivity contribution in [1.82, 2.24) is 10.3 Å². The maximum absolute atomic E-state index is 12.6. The summed E-state index contributed by atoms with van der Waals surface area (Å²) < 4.78 is 43.1. The van der Waals surface area contributed by atoms with Gasteiger partial charge in [-0.3, -0.25) is 0 Å². The van der Waals surface area contributed by atoms with Crippen molar-refractivity contribution in [2.45, 2.75) is 18.7 Å². The number of rotatable bonds is 3. The molecule has 0 aliphatic carbocycles. The Hall–Kier alpha value is -1.54. The molecule has 1 fully saturated rings. The molecule has 9 heteroatoms. The minimum absolute atomic E-state index is 0. The predicted octanol–water partition coefficient (Wildman–Crippen LogP) is 1.96. The topological polar surface area (TPSA) is 71.5 Å². The van der Waals surface area contributed by atoms with E-state index in [0.29, 0.717) is 25.6 Å². The SMILES string of the molecule is Cl.O=C(O)c1cc(O[C@H]2CCNC2)nc(C(F)(F)F)c1. The van der Waals surface area contributed by atoms with Gasteiger partial charge >= 0.3 is 12.1 Å². The molecule has 0 spiro atoms. The zero-order chi connectivity index (χ0) is 14.0. The minimum atomic E-state index is -4.71. The van der Waals surface area contributed by atoms with Crippen LogP contribution in [0.1, 0.15) is 22.5 Å². The maximum atomic E-state index is 12.6. The Morgan fingerprint density at radius 2 is 2.15 bits per heavy atom. The highest BCUT2D eigenvalue weighted by atomic mass is 35.5. The standard InChI is InChI=1S/C11H11F3N2O3.ClH/c12-11(13,14)8-3-6(10(17)18)4-9(16-8)19-7-1-2-15-5-7;/h3-4,7,15H,1-2,5H2,(H,17,18);1H/t7-;/m0./s1. The van der Waals surface area contributed by atoms with Gasteiger partial charge in [-0.05, 0) is 19.0 Å². The van der Waals surface area contributed by atoms with E-state index in [0.717, 1.165) is 6.07 Å². The number of carboxylic acid groups (broad SMARTS) is 1. The van der Waals surface area contributed by atoms with E-state index in [-0.39, 0.29) is 24.4 Å². The number of ether oxygens (including phenoxy) is 1. The number of carboxylic acids is 1. The van der Waals surface area contributed by atoms with Gasteiger partial charge in [-0.1, -0.05) is 0 Å². The summed E-state index contributed by atoms with van der Waals surface area (Å²) >= 11 is 0. The molecule has 0 saturated carbocycles. The second kappa shape index (κ2) is 6.27. The lowest BCUT2D eigenvalue weighted by Gasteiger charge is -2.14. The summed E-state index contributed by atoms with van der Waals surface area (Å²) in [6.07, 6.45) is -4.37. The molecule has 1 saturated heterocycles. The molecule has 2 rings (SSSR count). The number of halogens is 4. The van der Waals surface area contributed by atoms with Gasteiger partial charge in [0.05, 0.1) is 5.56 Å². The van der Waals surface area contributed by atoms with Crippen molar-refractivity contribution in [2.75, 3.05) is 13.1 Å². The van der Waals surface area contributed by atoms with Crippen molar-refractivity contribution in [1.29, 1.82) is 0 Å². The Labute approximate surface area is 118 Å². The molecule has 20 heavy (non-hydrogen) atoms. The molecule has 0 radical (unpaired) electrons. The second-order valence-corrected chi connectivity index (χ2v) is 4.11. The first-order chi connectivity index (χ1) is 8.86. The first-order valence-corrected chi connectivity index (χ1v) is 5.56. The average Bonchev–Trinajstić information content (AvgIpc) is 2.80. The summed E-state index contributed by atoms with van der Waals surface area (Å²) in [4.78, 5) is 14.1. The van der Waals surface area contributed by atoms with Crippen LogP contribution < -0.4 is 10.1 Å². The quantitative estimate of drug-likeness (QED) is 0.893. The number of hydrogen-bond donors (Lipinski definition) is 2. The highest BCUT2D eigenvalue weighted by Gasteiger charge is 2.34. The molecule has 1 aliphatic rings. The average molecular weight is 313 g/mol. The third-order valence-corrected chi connectivity index (χ3v) is 2.64. The predicted molar refractivity (Wildman–Crippen MR) is 65.3 cm³/mol. The monoisotopic (exact) mass is 312 g/mol. The van der Waals surface area contributed by atoms with Gasteiger partial charge in [-0.2, -0.15) is 13.2 Å². The smallest absolute Gasteiger partial charge is 0.433 e. The molecule has 0 unspecified atom stereocenters. The number of pyridine rings is 1. The Balaban J connectivity index is 0.00000200. The molecule has 5 nitrogen and oxygen atoms in total. The van der Waals surface area contributed by atoms with Crippen molar-refractivity contribution in [3.8, 4) is 5.88 Å². The van der Waals surface area contributed by atoms with Gasteiger partial charge in [0, 0.05) is 12.6 Å². The van der Waals surface area contributed by atoms with E-state index >= 15 is 0 Å². The number of alkyl halides is 3. The van der Waals surface area contributed by atoms with Crippen molar-refractivity contribution in [2.24, 2.45) is 0 Å². The van der Waals surface area contributed by atoms with Crippen LogP contribution in [0.4, 0.5) is 13.2 Å². The van der Waals surface area contributed by atoms with Crippen molar-refractivity contribution in [3.05, 3.63) is 23.4 Å². The summed E-state index contributed by atoms with van der Waals surface area (Å²) in [5, 5.41) is 11.8. The zero-order valence-electron chi connectivity index (χ0n) is 10.1. The van der Waals surface area contributed by atoms with Crippen molar-refractivity contribution in [3.63, 3.8) is 0 Å². The fourth-order valence-electron chi connectivity index (χ4n) is 1.73. The van der Waals surface area contributed by atoms with Gasteiger partial charge in [0.1, 0.15) is 11.8 Å². The number of nitrogens with one attached hydrogen (secondary N) is 1. The van der Waals surface area contributed by atoms with E-state index < -0.39 is 23.4 Å². The molecular formula is C11H12ClF3N2O3. The molecule has 0 amide bonds. The molecule has 1 aromatic heterocycles. The van der Waals surface area contributed by atoms with Crippen LogP contribution in [0.2, 0.25) is 0 Å². The van der Waals surface area contributed by atoms with Crippen LogP contribution in [-0.4, -0.2) is 35.3 Å². The third-order valence-electron chi connectivity index (χ3n) is 2.64. The van der Waals surface area contributed by atoms with Gasteiger partial charge in [-0.15, -0.1) is 12.4 Å². The number of aromatic nitrogens is 1. The molecule has 1 aromatic rings. The van der Waals surface area contributed by atoms with Crippen LogP contribution in [0, 0.1) is 0 Å². The highest BCUT2D eigenvalue weighted by Crippen LogP contribution is 2.30. The van der Waals surface area contributed by atoms with E-state index in [1.54, 1.807) is 0 Å². The molecule has 1 atom stereocenters. The lowest BCUT2D eigenvalue weighted by Crippen LogP contribution is -2.21. The molecule has 1 aliphatic heterocycles. The number of carbonyl (C=O) groups is 1. The summed E-state index contributed by atoms with van der Waals surface area (Å²) in [6, 6.07) is 1.48. The largest absolute Gasteiger partial charge is 0.478 e. The van der Waals surface area contributed by atoms with E-state index in [1.165, 1.54) is 0 Å². The Bertz CT molecular complexity index is 490. The Morgan fingerprint density at radius 1 is 1.45 bits per heavy atom. The number of aromatic carboxylic acids is 1. The molecular weight excluding hydrogens is 301 g/mol. The summed E-state index contributed by atoms with van der Waals surface area (Å²) in [5.41, 5.74) is -1.77. The maximum Gasteiger partial charge on any atom is 0.433 e. The van der Waals surface area contributed by atoms with Gasteiger partial charge in [0.25, 0.3) is 0 Å². The fourth-order valence-corrected chi connectivity index (χ4v) is 1.73. The Morgan fingerprint density at radius 3 is 2.65 bits per heavy atom. The molecule has 2 N–H and O–H groups in total. The summed E-state index contributed by atoms with van der Waals surface area (Å²) in [6.45, 7) is 1.20. The molecule has 2 heterocycles. The van der Waals surface area contributed by atoms with Gasteiger partial charge < -0.3 is 15.2 Å². The summed E-state index contributed by atoms with van der Waals surface area (Å²) in [7, 11) is 0. The normalized spacial score (nSPS) is 18.4. The lowest BCUT2D eigenvalue weighted by atomic mass is 10.2. The van der Waals surface area contributed by atoms with Crippen molar-refractivity contribution < 1.29 is 27.8 Å². The number of hydrogen-bond acceptors (Lipinski definition) is 4. The lowest BCUT2D eigenvalue weighted by molar-refractivity contribution is -0.141. The molecule has 0 aromatic carbocycles. The second-order valence-electron chi connectivity index (χ2n) is 4.11. The van der Waals surface area contributed by atoms with Crippen LogP contribution in [0.3, 0.4) is 0 Å². The Kier molecular flexibility index (Phi) is 5.18.